The van der Waals surface area contributed by atoms with E-state index < -0.39 is 0 Å². The highest BCUT2D eigenvalue weighted by molar-refractivity contribution is 7.99. The molecule has 0 fully saturated rings. The summed E-state index contributed by atoms with van der Waals surface area (Å²) in [7, 11) is 0. The molecule has 1 atom stereocenters. The predicted molar refractivity (Wildman–Crippen MR) is 115 cm³/mol. The number of aromatic amines is 1. The molecule has 142 valence electrons. The molecule has 2 heterocycles. The molecule has 1 amide bonds. The lowest BCUT2D eigenvalue weighted by Gasteiger charge is -2.11. The van der Waals surface area contributed by atoms with E-state index in [-0.39, 0.29) is 16.7 Å². The molecule has 0 aliphatic heterocycles. The van der Waals surface area contributed by atoms with E-state index in [0.29, 0.717) is 34.1 Å². The van der Waals surface area contributed by atoms with Gasteiger partial charge in [0.05, 0.1) is 10.6 Å². The van der Waals surface area contributed by atoms with Crippen LogP contribution in [0.15, 0.2) is 29.1 Å². The summed E-state index contributed by atoms with van der Waals surface area (Å²) < 4.78 is 0. The van der Waals surface area contributed by atoms with E-state index in [1.165, 1.54) is 0 Å². The van der Waals surface area contributed by atoms with E-state index in [2.05, 4.69) is 15.3 Å². The van der Waals surface area contributed by atoms with E-state index in [1.54, 1.807) is 47.4 Å². The minimum Gasteiger partial charge on any atom is -0.326 e. The average molecular weight is 422 g/mol. The number of carbonyl (C=O) groups is 1. The number of hydrogen-bond acceptors (Lipinski definition) is 5. The Hall–Kier alpha value is -1.83. The Kier molecular flexibility index (Phi) is 6.24. The summed E-state index contributed by atoms with van der Waals surface area (Å²) in [6, 6.07) is 7.06. The van der Waals surface area contributed by atoms with Crippen molar-refractivity contribution in [2.24, 2.45) is 0 Å². The van der Waals surface area contributed by atoms with Crippen molar-refractivity contribution >= 4 is 56.5 Å². The molecule has 8 heteroatoms. The molecule has 3 rings (SSSR count). The molecular formula is C19H20ClN3O2S2. The minimum absolute atomic E-state index is 0.0104. The number of aryl methyl sites for hydroxylation is 2. The van der Waals surface area contributed by atoms with Crippen molar-refractivity contribution in [1.82, 2.24) is 9.97 Å². The number of amides is 1. The third-order valence-corrected chi connectivity index (χ3v) is 6.75. The minimum atomic E-state index is -0.0944. The largest absolute Gasteiger partial charge is 0.326 e. The molecule has 0 aliphatic carbocycles. The first kappa shape index (κ1) is 19.9. The molecule has 2 N–H and O–H groups in total. The number of fused-ring (bicyclic) bond motifs is 1. The molecule has 5 nitrogen and oxygen atoms in total. The molecule has 0 radical (unpaired) electrons. The van der Waals surface area contributed by atoms with Crippen LogP contribution < -0.4 is 10.9 Å². The van der Waals surface area contributed by atoms with Crippen LogP contribution in [0.5, 0.6) is 0 Å². The van der Waals surface area contributed by atoms with Gasteiger partial charge in [-0.25, -0.2) is 4.98 Å². The fraction of sp³-hybridized carbons (Fsp3) is 0.316. The fourth-order valence-electron chi connectivity index (χ4n) is 2.66. The van der Waals surface area contributed by atoms with Gasteiger partial charge in [-0.15, -0.1) is 11.3 Å². The number of halogens is 1. The highest BCUT2D eigenvalue weighted by atomic mass is 35.5. The molecule has 1 aromatic carbocycles. The van der Waals surface area contributed by atoms with Crippen molar-refractivity contribution in [3.8, 4) is 0 Å². The quantitative estimate of drug-likeness (QED) is 0.582. The summed E-state index contributed by atoms with van der Waals surface area (Å²) in [6.45, 7) is 5.93. The Balaban J connectivity index is 1.59. The van der Waals surface area contributed by atoms with E-state index in [9.17, 15) is 9.59 Å². The summed E-state index contributed by atoms with van der Waals surface area (Å²) in [6.07, 6.45) is 0.366. The highest BCUT2D eigenvalue weighted by Crippen LogP contribution is 2.30. The van der Waals surface area contributed by atoms with Crippen molar-refractivity contribution in [3.63, 3.8) is 0 Å². The number of rotatable bonds is 6. The van der Waals surface area contributed by atoms with Crippen LogP contribution in [-0.2, 0) is 4.79 Å². The lowest BCUT2D eigenvalue weighted by atomic mass is 10.2. The number of H-pyrrole nitrogens is 1. The zero-order chi connectivity index (χ0) is 19.6. The predicted octanol–water partition coefficient (Wildman–Crippen LogP) is 5.08. The van der Waals surface area contributed by atoms with Crippen molar-refractivity contribution < 1.29 is 4.79 Å². The molecule has 3 aromatic rings. The lowest BCUT2D eigenvalue weighted by Crippen LogP contribution is -2.14. The number of thioether (sulfide) groups is 1. The van der Waals surface area contributed by atoms with Gasteiger partial charge in [0.15, 0.2) is 0 Å². The van der Waals surface area contributed by atoms with Gasteiger partial charge in [0.25, 0.3) is 5.56 Å². The Morgan fingerprint density at radius 2 is 2.19 bits per heavy atom. The maximum atomic E-state index is 12.4. The summed E-state index contributed by atoms with van der Waals surface area (Å²) in [5.41, 5.74) is 1.58. The first-order valence-corrected chi connectivity index (χ1v) is 10.8. The number of nitrogens with one attached hydrogen (secondary N) is 2. The van der Waals surface area contributed by atoms with Crippen LogP contribution >= 0.6 is 34.7 Å². The Bertz CT molecular complexity index is 1050. The van der Waals surface area contributed by atoms with Crippen LogP contribution in [0.1, 0.15) is 34.9 Å². The molecule has 2 aromatic heterocycles. The number of aromatic nitrogens is 2. The number of benzene rings is 1. The van der Waals surface area contributed by atoms with Gasteiger partial charge in [0.2, 0.25) is 5.91 Å². The molecule has 0 saturated heterocycles. The molecule has 0 bridgehead atoms. The van der Waals surface area contributed by atoms with Gasteiger partial charge in [-0.1, -0.05) is 17.7 Å². The van der Waals surface area contributed by atoms with Crippen LogP contribution in [0.2, 0.25) is 5.02 Å². The third-order valence-electron chi connectivity index (χ3n) is 4.25. The summed E-state index contributed by atoms with van der Waals surface area (Å²) in [5.74, 6) is 1.20. The fourth-order valence-corrected chi connectivity index (χ4v) is 4.81. The van der Waals surface area contributed by atoms with Crippen LogP contribution in [0, 0.1) is 13.8 Å². The number of nitrogens with zero attached hydrogens (tertiary/aromatic N) is 1. The first-order chi connectivity index (χ1) is 12.8. The number of carbonyl (C=O) groups excluding carboxylic acids is 1. The van der Waals surface area contributed by atoms with Crippen LogP contribution in [-0.4, -0.2) is 21.6 Å². The van der Waals surface area contributed by atoms with E-state index in [1.807, 2.05) is 20.8 Å². The van der Waals surface area contributed by atoms with Gasteiger partial charge < -0.3 is 10.3 Å². The second-order valence-corrected chi connectivity index (χ2v) is 9.32. The topological polar surface area (TPSA) is 74.8 Å². The first-order valence-electron chi connectivity index (χ1n) is 8.52. The Morgan fingerprint density at radius 3 is 2.93 bits per heavy atom. The summed E-state index contributed by atoms with van der Waals surface area (Å²) in [5, 5.41) is 4.08. The monoisotopic (exact) mass is 421 g/mol. The van der Waals surface area contributed by atoms with E-state index in [0.717, 1.165) is 15.3 Å². The second-order valence-electron chi connectivity index (χ2n) is 6.24. The van der Waals surface area contributed by atoms with Gasteiger partial charge >= 0.3 is 0 Å². The van der Waals surface area contributed by atoms with E-state index in [4.69, 9.17) is 11.6 Å². The van der Waals surface area contributed by atoms with Crippen LogP contribution in [0.4, 0.5) is 5.69 Å². The SMILES string of the molecule is Cc1sc2nc([C@H](C)SCCC(=O)Nc3cccc(Cl)c3)[nH]c(=O)c2c1C. The summed E-state index contributed by atoms with van der Waals surface area (Å²) >= 11 is 9.04. The molecule has 0 saturated carbocycles. The Morgan fingerprint density at radius 1 is 1.41 bits per heavy atom. The Labute approximate surface area is 170 Å². The molecule has 0 spiro atoms. The smallest absolute Gasteiger partial charge is 0.259 e. The van der Waals surface area contributed by atoms with Gasteiger partial charge in [0, 0.05) is 27.8 Å². The highest BCUT2D eigenvalue weighted by Gasteiger charge is 2.16. The number of anilines is 1. The summed E-state index contributed by atoms with van der Waals surface area (Å²) in [4.78, 5) is 33.8. The number of hydrogen-bond donors (Lipinski definition) is 2. The standard InChI is InChI=1S/C19H20ClN3O2S2/c1-10-11(2)27-19-16(10)18(25)22-17(23-19)12(3)26-8-7-15(24)21-14-6-4-5-13(20)9-14/h4-6,9,12H,7-8H2,1-3H3,(H,21,24)(H,22,23,25)/t12-/m0/s1. The van der Waals surface area contributed by atoms with Crippen molar-refractivity contribution in [3.05, 3.63) is 55.9 Å². The maximum Gasteiger partial charge on any atom is 0.259 e. The van der Waals surface area contributed by atoms with Crippen LogP contribution in [0.25, 0.3) is 10.2 Å². The lowest BCUT2D eigenvalue weighted by molar-refractivity contribution is -0.115. The zero-order valence-corrected chi connectivity index (χ0v) is 17.6. The maximum absolute atomic E-state index is 12.4. The average Bonchev–Trinajstić information content (AvgIpc) is 2.89. The molecule has 0 aliphatic rings. The molecular weight excluding hydrogens is 402 g/mol. The van der Waals surface area contributed by atoms with Crippen molar-refractivity contribution in [2.45, 2.75) is 32.4 Å². The van der Waals surface area contributed by atoms with E-state index >= 15 is 0 Å². The van der Waals surface area contributed by atoms with Gasteiger partial charge in [-0.3, -0.25) is 9.59 Å². The normalized spacial score (nSPS) is 12.3. The zero-order valence-electron chi connectivity index (χ0n) is 15.3. The van der Waals surface area contributed by atoms with Crippen LogP contribution in [0.3, 0.4) is 0 Å². The van der Waals surface area contributed by atoms with Gasteiger partial charge in [0.1, 0.15) is 10.7 Å². The van der Waals surface area contributed by atoms with Crippen molar-refractivity contribution in [1.29, 1.82) is 0 Å². The molecule has 27 heavy (non-hydrogen) atoms. The molecule has 0 unspecified atom stereocenters. The van der Waals surface area contributed by atoms with Gasteiger partial charge in [-0.05, 0) is 44.5 Å². The third kappa shape index (κ3) is 4.72. The van der Waals surface area contributed by atoms with Crippen molar-refractivity contribution in [2.75, 3.05) is 11.1 Å². The number of thiophene rings is 1. The van der Waals surface area contributed by atoms with Gasteiger partial charge in [-0.2, -0.15) is 11.8 Å². The second kappa shape index (κ2) is 8.46.